The Morgan fingerprint density at radius 1 is 1.19 bits per heavy atom. The Labute approximate surface area is 130 Å². The summed E-state index contributed by atoms with van der Waals surface area (Å²) in [5.74, 6) is 0.892. The monoisotopic (exact) mass is 302 g/mol. The first-order valence-corrected chi connectivity index (χ1v) is 7.43. The van der Waals surface area contributed by atoms with Gasteiger partial charge in [-0.3, -0.25) is 5.43 Å². The summed E-state index contributed by atoms with van der Waals surface area (Å²) < 4.78 is 5.61. The van der Waals surface area contributed by atoms with Crippen molar-refractivity contribution in [3.8, 4) is 5.75 Å². The van der Waals surface area contributed by atoms with E-state index >= 15 is 0 Å². The first-order valence-electron chi connectivity index (χ1n) is 7.05. The highest BCUT2D eigenvalue weighted by molar-refractivity contribution is 6.30. The van der Waals surface area contributed by atoms with Crippen LogP contribution >= 0.6 is 11.6 Å². The zero-order valence-corrected chi connectivity index (χ0v) is 12.8. The molecular weight excluding hydrogens is 284 g/mol. The molecule has 0 spiro atoms. The van der Waals surface area contributed by atoms with Gasteiger partial charge in [-0.15, -0.1) is 0 Å². The van der Waals surface area contributed by atoms with Crippen molar-refractivity contribution in [2.24, 2.45) is 5.10 Å². The molecule has 0 aliphatic carbocycles. The summed E-state index contributed by atoms with van der Waals surface area (Å²) in [7, 11) is 0. The van der Waals surface area contributed by atoms with Crippen molar-refractivity contribution >= 4 is 23.5 Å². The van der Waals surface area contributed by atoms with E-state index in [1.54, 1.807) is 6.21 Å². The van der Waals surface area contributed by atoms with Crippen molar-refractivity contribution in [2.75, 3.05) is 12.0 Å². The smallest absolute Gasteiger partial charge is 0.119 e. The van der Waals surface area contributed by atoms with Crippen LogP contribution in [0.4, 0.5) is 5.69 Å². The second kappa shape index (κ2) is 8.32. The topological polar surface area (TPSA) is 33.6 Å². The number of hydrogen-bond acceptors (Lipinski definition) is 3. The number of anilines is 1. The molecule has 0 fully saturated rings. The Hall–Kier alpha value is -2.00. The van der Waals surface area contributed by atoms with Gasteiger partial charge in [-0.05, 0) is 54.4 Å². The quantitative estimate of drug-likeness (QED) is 0.445. The van der Waals surface area contributed by atoms with Crippen LogP contribution in [0.2, 0.25) is 5.02 Å². The van der Waals surface area contributed by atoms with E-state index in [4.69, 9.17) is 16.3 Å². The molecule has 0 atom stereocenters. The Morgan fingerprint density at radius 2 is 2.00 bits per heavy atom. The van der Waals surface area contributed by atoms with Crippen molar-refractivity contribution in [3.63, 3.8) is 0 Å². The van der Waals surface area contributed by atoms with Crippen molar-refractivity contribution in [1.29, 1.82) is 0 Å². The van der Waals surface area contributed by atoms with Crippen LogP contribution in [0.5, 0.6) is 5.75 Å². The summed E-state index contributed by atoms with van der Waals surface area (Å²) in [4.78, 5) is 0. The number of nitrogens with one attached hydrogen (secondary N) is 1. The number of hydrogen-bond donors (Lipinski definition) is 1. The molecule has 2 rings (SSSR count). The van der Waals surface area contributed by atoms with E-state index in [9.17, 15) is 0 Å². The third-order valence-corrected chi connectivity index (χ3v) is 3.11. The van der Waals surface area contributed by atoms with Crippen LogP contribution in [0, 0.1) is 0 Å². The van der Waals surface area contributed by atoms with E-state index < -0.39 is 0 Å². The number of benzene rings is 2. The predicted molar refractivity (Wildman–Crippen MR) is 89.5 cm³/mol. The molecule has 0 saturated heterocycles. The summed E-state index contributed by atoms with van der Waals surface area (Å²) in [5.41, 5.74) is 4.81. The molecular formula is C17H19ClN2O. The van der Waals surface area contributed by atoms with Gasteiger partial charge in [-0.2, -0.15) is 5.10 Å². The molecule has 0 bridgehead atoms. The molecule has 0 aromatic heterocycles. The fourth-order valence-corrected chi connectivity index (χ4v) is 1.91. The van der Waals surface area contributed by atoms with E-state index in [-0.39, 0.29) is 0 Å². The summed E-state index contributed by atoms with van der Waals surface area (Å²) >= 11 is 5.90. The van der Waals surface area contributed by atoms with Crippen LogP contribution in [0.1, 0.15) is 25.3 Å². The van der Waals surface area contributed by atoms with Crippen LogP contribution in [0.25, 0.3) is 0 Å². The van der Waals surface area contributed by atoms with Crippen molar-refractivity contribution in [3.05, 3.63) is 59.1 Å². The van der Waals surface area contributed by atoms with Crippen LogP contribution in [-0.4, -0.2) is 12.8 Å². The maximum atomic E-state index is 5.90. The number of hydrazone groups is 1. The average Bonchev–Trinajstić information content (AvgIpc) is 2.49. The molecule has 0 unspecified atom stereocenters. The number of ether oxygens (including phenoxy) is 1. The standard InChI is InChI=1S/C17H19ClN2O/c1-2-3-11-21-17-9-7-14(8-10-17)13-19-20-16-6-4-5-15(18)12-16/h4-10,12-13,20H,2-3,11H2,1H3. The summed E-state index contributed by atoms with van der Waals surface area (Å²) in [6.07, 6.45) is 3.98. The lowest BCUT2D eigenvalue weighted by Gasteiger charge is -2.05. The molecule has 0 aliphatic heterocycles. The Morgan fingerprint density at radius 3 is 2.71 bits per heavy atom. The number of halogens is 1. The van der Waals surface area contributed by atoms with Crippen molar-refractivity contribution < 1.29 is 4.74 Å². The minimum Gasteiger partial charge on any atom is -0.494 e. The molecule has 4 heteroatoms. The highest BCUT2D eigenvalue weighted by Crippen LogP contribution is 2.15. The van der Waals surface area contributed by atoms with Gasteiger partial charge >= 0.3 is 0 Å². The van der Waals surface area contributed by atoms with Crippen molar-refractivity contribution in [2.45, 2.75) is 19.8 Å². The molecule has 1 N–H and O–H groups in total. The first kappa shape index (κ1) is 15.4. The SMILES string of the molecule is CCCCOc1ccc(C=NNc2cccc(Cl)c2)cc1. The fourth-order valence-electron chi connectivity index (χ4n) is 1.72. The van der Waals surface area contributed by atoms with Gasteiger partial charge in [0.05, 0.1) is 18.5 Å². The lowest BCUT2D eigenvalue weighted by molar-refractivity contribution is 0.309. The van der Waals surface area contributed by atoms with Gasteiger partial charge in [0, 0.05) is 5.02 Å². The molecule has 0 heterocycles. The van der Waals surface area contributed by atoms with E-state index in [0.29, 0.717) is 5.02 Å². The Kier molecular flexibility index (Phi) is 6.10. The zero-order valence-electron chi connectivity index (χ0n) is 12.1. The number of rotatable bonds is 7. The highest BCUT2D eigenvalue weighted by Gasteiger charge is 1.94. The van der Waals surface area contributed by atoms with Gasteiger partial charge in [0.15, 0.2) is 0 Å². The normalized spacial score (nSPS) is 10.8. The molecule has 110 valence electrons. The summed E-state index contributed by atoms with van der Waals surface area (Å²) in [6, 6.07) is 15.3. The zero-order chi connectivity index (χ0) is 14.9. The Bertz CT molecular complexity index is 582. The number of nitrogens with zero attached hydrogens (tertiary/aromatic N) is 1. The van der Waals surface area contributed by atoms with E-state index in [0.717, 1.165) is 36.4 Å². The Balaban J connectivity index is 1.86. The maximum Gasteiger partial charge on any atom is 0.119 e. The van der Waals surface area contributed by atoms with E-state index in [2.05, 4.69) is 17.5 Å². The summed E-state index contributed by atoms with van der Waals surface area (Å²) in [5, 5.41) is 4.87. The predicted octanol–water partition coefficient (Wildman–Crippen LogP) is 4.96. The summed E-state index contributed by atoms with van der Waals surface area (Å²) in [6.45, 7) is 2.91. The molecule has 0 aliphatic rings. The second-order valence-electron chi connectivity index (χ2n) is 4.65. The van der Waals surface area contributed by atoms with Crippen LogP contribution in [0.3, 0.4) is 0 Å². The van der Waals surface area contributed by atoms with E-state index in [1.165, 1.54) is 0 Å². The molecule has 0 amide bonds. The second-order valence-corrected chi connectivity index (χ2v) is 5.09. The van der Waals surface area contributed by atoms with Gasteiger partial charge < -0.3 is 4.74 Å². The highest BCUT2D eigenvalue weighted by atomic mass is 35.5. The molecule has 2 aromatic carbocycles. The van der Waals surface area contributed by atoms with Gasteiger partial charge in [0.25, 0.3) is 0 Å². The minimum atomic E-state index is 0.684. The minimum absolute atomic E-state index is 0.684. The first-order chi connectivity index (χ1) is 10.3. The van der Waals surface area contributed by atoms with Crippen molar-refractivity contribution in [1.82, 2.24) is 0 Å². The molecule has 0 saturated carbocycles. The largest absolute Gasteiger partial charge is 0.494 e. The molecule has 2 aromatic rings. The molecule has 21 heavy (non-hydrogen) atoms. The lowest BCUT2D eigenvalue weighted by atomic mass is 10.2. The van der Waals surface area contributed by atoms with Gasteiger partial charge in [-0.25, -0.2) is 0 Å². The van der Waals surface area contributed by atoms with Gasteiger partial charge in [0.1, 0.15) is 5.75 Å². The third kappa shape index (κ3) is 5.48. The third-order valence-electron chi connectivity index (χ3n) is 2.88. The lowest BCUT2D eigenvalue weighted by Crippen LogP contribution is -1.96. The van der Waals surface area contributed by atoms with Gasteiger partial charge in [0.2, 0.25) is 0 Å². The van der Waals surface area contributed by atoms with Crippen LogP contribution in [0.15, 0.2) is 53.6 Å². The van der Waals surface area contributed by atoms with Crippen LogP contribution in [-0.2, 0) is 0 Å². The maximum absolute atomic E-state index is 5.90. The van der Waals surface area contributed by atoms with Gasteiger partial charge in [-0.1, -0.05) is 31.0 Å². The molecule has 3 nitrogen and oxygen atoms in total. The average molecular weight is 303 g/mol. The fraction of sp³-hybridized carbons (Fsp3) is 0.235. The van der Waals surface area contributed by atoms with E-state index in [1.807, 2.05) is 48.5 Å². The van der Waals surface area contributed by atoms with Crippen LogP contribution < -0.4 is 10.2 Å². The molecule has 0 radical (unpaired) electrons. The number of unbranched alkanes of at least 4 members (excludes halogenated alkanes) is 1.